The van der Waals surface area contributed by atoms with Crippen LogP contribution in [-0.4, -0.2) is 33.4 Å². The summed E-state index contributed by atoms with van der Waals surface area (Å²) in [4.78, 5) is 19.4. The molecule has 0 N–H and O–H groups in total. The number of aryl methyl sites for hydroxylation is 1. The first-order valence-corrected chi connectivity index (χ1v) is 10.0. The van der Waals surface area contributed by atoms with Crippen LogP contribution in [0.25, 0.3) is 0 Å². The van der Waals surface area contributed by atoms with E-state index in [1.807, 2.05) is 6.20 Å². The molecule has 1 aliphatic heterocycles. The van der Waals surface area contributed by atoms with Gasteiger partial charge in [0.2, 0.25) is 5.91 Å². The molecular formula is C20H31N3O. The number of amides is 1. The number of rotatable bonds is 4. The highest BCUT2D eigenvalue weighted by Crippen LogP contribution is 2.38. The van der Waals surface area contributed by atoms with Gasteiger partial charge >= 0.3 is 0 Å². The molecule has 3 aliphatic rings. The van der Waals surface area contributed by atoms with Crippen LogP contribution in [0.15, 0.2) is 6.20 Å². The van der Waals surface area contributed by atoms with E-state index < -0.39 is 0 Å². The van der Waals surface area contributed by atoms with Gasteiger partial charge in [-0.2, -0.15) is 0 Å². The summed E-state index contributed by atoms with van der Waals surface area (Å²) < 4.78 is 2.50. The van der Waals surface area contributed by atoms with Gasteiger partial charge in [0.25, 0.3) is 0 Å². The molecule has 0 bridgehead atoms. The Kier molecular flexibility index (Phi) is 4.64. The monoisotopic (exact) mass is 329 g/mol. The Bertz CT molecular complexity index is 576. The maximum Gasteiger partial charge on any atom is 0.222 e. The molecule has 1 amide bonds. The van der Waals surface area contributed by atoms with Gasteiger partial charge < -0.3 is 9.47 Å². The van der Waals surface area contributed by atoms with Crippen LogP contribution >= 0.6 is 0 Å². The molecule has 0 aromatic carbocycles. The summed E-state index contributed by atoms with van der Waals surface area (Å²) in [5.41, 5.74) is 1.30. The molecule has 2 saturated carbocycles. The zero-order valence-electron chi connectivity index (χ0n) is 15.0. The number of hydrogen-bond acceptors (Lipinski definition) is 2. The largest absolute Gasteiger partial charge is 0.343 e. The topological polar surface area (TPSA) is 38.1 Å². The van der Waals surface area contributed by atoms with E-state index in [4.69, 9.17) is 4.98 Å². The number of aromatic nitrogens is 2. The number of likely N-dealkylation sites (tertiary alicyclic amines) is 1. The zero-order valence-corrected chi connectivity index (χ0v) is 15.0. The molecular weight excluding hydrogens is 298 g/mol. The number of carbonyl (C=O) groups is 1. The molecule has 0 unspecified atom stereocenters. The molecule has 2 aliphatic carbocycles. The SMILES string of the molecule is Cc1cnc(C2CCC2)n1C1CCN(C(=O)CC2CCCC2)CC1. The molecule has 1 aromatic heterocycles. The second kappa shape index (κ2) is 6.89. The minimum atomic E-state index is 0.405. The fourth-order valence-corrected chi connectivity index (χ4v) is 4.87. The second-order valence-electron chi connectivity index (χ2n) is 8.22. The Morgan fingerprint density at radius 2 is 1.79 bits per heavy atom. The third-order valence-corrected chi connectivity index (χ3v) is 6.60. The zero-order chi connectivity index (χ0) is 16.5. The second-order valence-corrected chi connectivity index (χ2v) is 8.22. The normalized spacial score (nSPS) is 23.6. The Morgan fingerprint density at radius 3 is 2.42 bits per heavy atom. The lowest BCUT2D eigenvalue weighted by Crippen LogP contribution is -2.40. The molecule has 4 heteroatoms. The van der Waals surface area contributed by atoms with Crippen LogP contribution in [0.1, 0.15) is 87.7 Å². The van der Waals surface area contributed by atoms with Gasteiger partial charge in [-0.15, -0.1) is 0 Å². The summed E-state index contributed by atoms with van der Waals surface area (Å²) >= 11 is 0. The van der Waals surface area contributed by atoms with E-state index in [9.17, 15) is 4.79 Å². The molecule has 1 aromatic rings. The van der Waals surface area contributed by atoms with Gasteiger partial charge in [0.15, 0.2) is 0 Å². The smallest absolute Gasteiger partial charge is 0.222 e. The van der Waals surface area contributed by atoms with Crippen LogP contribution in [0.3, 0.4) is 0 Å². The Labute approximate surface area is 145 Å². The standard InChI is InChI=1S/C20H31N3O/c1-15-14-21-20(17-7-4-8-17)23(15)18-9-11-22(12-10-18)19(24)13-16-5-2-3-6-16/h14,16-18H,2-13H2,1H3. The number of hydrogen-bond donors (Lipinski definition) is 0. The predicted molar refractivity (Wildman–Crippen MR) is 95.0 cm³/mol. The van der Waals surface area contributed by atoms with Gasteiger partial charge in [0.05, 0.1) is 0 Å². The van der Waals surface area contributed by atoms with Crippen LogP contribution in [0.2, 0.25) is 0 Å². The highest BCUT2D eigenvalue weighted by molar-refractivity contribution is 5.76. The third-order valence-electron chi connectivity index (χ3n) is 6.60. The van der Waals surface area contributed by atoms with Gasteiger partial charge in [-0.3, -0.25) is 4.79 Å². The Balaban J connectivity index is 1.36. The van der Waals surface area contributed by atoms with Crippen LogP contribution in [0.5, 0.6) is 0 Å². The fraction of sp³-hybridized carbons (Fsp3) is 0.800. The van der Waals surface area contributed by atoms with E-state index in [1.54, 1.807) is 0 Å². The summed E-state index contributed by atoms with van der Waals surface area (Å²) in [5, 5.41) is 0. The van der Waals surface area contributed by atoms with Gasteiger partial charge in [-0.25, -0.2) is 4.98 Å². The minimum absolute atomic E-state index is 0.405. The van der Waals surface area contributed by atoms with E-state index in [2.05, 4.69) is 16.4 Å². The lowest BCUT2D eigenvalue weighted by Gasteiger charge is -2.36. The third kappa shape index (κ3) is 3.12. The van der Waals surface area contributed by atoms with E-state index in [-0.39, 0.29) is 0 Å². The molecule has 4 nitrogen and oxygen atoms in total. The van der Waals surface area contributed by atoms with Crippen molar-refractivity contribution in [1.82, 2.24) is 14.5 Å². The van der Waals surface area contributed by atoms with Gasteiger partial charge in [0, 0.05) is 43.4 Å². The average Bonchev–Trinajstić information content (AvgIpc) is 3.16. The molecule has 1 saturated heterocycles. The fourth-order valence-electron chi connectivity index (χ4n) is 4.87. The number of piperidine rings is 1. The van der Waals surface area contributed by atoms with Crippen molar-refractivity contribution in [2.45, 2.75) is 83.1 Å². The number of nitrogens with zero attached hydrogens (tertiary/aromatic N) is 3. The van der Waals surface area contributed by atoms with Crippen molar-refractivity contribution in [3.8, 4) is 0 Å². The van der Waals surface area contributed by atoms with Crippen molar-refractivity contribution in [3.63, 3.8) is 0 Å². The molecule has 3 fully saturated rings. The van der Waals surface area contributed by atoms with Crippen molar-refractivity contribution in [2.75, 3.05) is 13.1 Å². The lowest BCUT2D eigenvalue weighted by atomic mass is 9.84. The molecule has 0 spiro atoms. The van der Waals surface area contributed by atoms with Gasteiger partial charge in [-0.05, 0) is 51.4 Å². The summed E-state index contributed by atoms with van der Waals surface area (Å²) in [7, 11) is 0. The summed E-state index contributed by atoms with van der Waals surface area (Å²) in [6.45, 7) is 4.04. The highest BCUT2D eigenvalue weighted by Gasteiger charge is 2.31. The Hall–Kier alpha value is -1.32. The molecule has 132 valence electrons. The molecule has 0 radical (unpaired) electrons. The first-order valence-electron chi connectivity index (χ1n) is 10.0. The minimum Gasteiger partial charge on any atom is -0.343 e. The van der Waals surface area contributed by atoms with Crippen LogP contribution in [0.4, 0.5) is 0 Å². The van der Waals surface area contributed by atoms with Crippen molar-refractivity contribution < 1.29 is 4.79 Å². The van der Waals surface area contributed by atoms with E-state index in [0.29, 0.717) is 23.8 Å². The van der Waals surface area contributed by atoms with E-state index in [1.165, 1.54) is 56.5 Å². The maximum absolute atomic E-state index is 12.6. The molecule has 24 heavy (non-hydrogen) atoms. The van der Waals surface area contributed by atoms with Crippen molar-refractivity contribution in [2.24, 2.45) is 5.92 Å². The van der Waals surface area contributed by atoms with Gasteiger partial charge in [-0.1, -0.05) is 19.3 Å². The van der Waals surface area contributed by atoms with Crippen LogP contribution < -0.4 is 0 Å². The van der Waals surface area contributed by atoms with Gasteiger partial charge in [0.1, 0.15) is 5.82 Å². The van der Waals surface area contributed by atoms with Crippen LogP contribution in [-0.2, 0) is 4.79 Å². The van der Waals surface area contributed by atoms with Crippen molar-refractivity contribution in [3.05, 3.63) is 17.7 Å². The van der Waals surface area contributed by atoms with Crippen molar-refractivity contribution >= 4 is 5.91 Å². The number of carbonyl (C=O) groups excluding carboxylic acids is 1. The van der Waals surface area contributed by atoms with Crippen molar-refractivity contribution in [1.29, 1.82) is 0 Å². The summed E-state index contributed by atoms with van der Waals surface area (Å²) in [6.07, 6.45) is 14.2. The average molecular weight is 329 g/mol. The first-order chi connectivity index (χ1) is 11.7. The first kappa shape index (κ1) is 16.2. The summed E-state index contributed by atoms with van der Waals surface area (Å²) in [5.74, 6) is 3.06. The van der Waals surface area contributed by atoms with E-state index >= 15 is 0 Å². The predicted octanol–water partition coefficient (Wildman–Crippen LogP) is 4.20. The highest BCUT2D eigenvalue weighted by atomic mass is 16.2. The van der Waals surface area contributed by atoms with E-state index in [0.717, 1.165) is 32.4 Å². The number of imidazole rings is 1. The quantitative estimate of drug-likeness (QED) is 0.830. The molecule has 2 heterocycles. The molecule has 4 rings (SSSR count). The molecule has 0 atom stereocenters. The Morgan fingerprint density at radius 1 is 1.08 bits per heavy atom. The maximum atomic E-state index is 12.6. The summed E-state index contributed by atoms with van der Waals surface area (Å²) in [6, 6.07) is 0.540. The lowest BCUT2D eigenvalue weighted by molar-refractivity contribution is -0.133. The van der Waals surface area contributed by atoms with Crippen LogP contribution in [0, 0.1) is 12.8 Å².